The van der Waals surface area contributed by atoms with Crippen LogP contribution < -0.4 is 5.32 Å². The van der Waals surface area contributed by atoms with E-state index in [9.17, 15) is 4.39 Å². The lowest BCUT2D eigenvalue weighted by Crippen LogP contribution is -2.47. The summed E-state index contributed by atoms with van der Waals surface area (Å²) in [7, 11) is 0. The highest BCUT2D eigenvalue weighted by Crippen LogP contribution is 2.26. The lowest BCUT2D eigenvalue weighted by atomic mass is 9.94. The molecule has 0 aromatic heterocycles. The molecule has 0 bridgehead atoms. The Morgan fingerprint density at radius 3 is 3.00 bits per heavy atom. The van der Waals surface area contributed by atoms with E-state index in [1.165, 1.54) is 12.1 Å². The van der Waals surface area contributed by atoms with Crippen molar-refractivity contribution in [2.24, 2.45) is 0 Å². The highest BCUT2D eigenvalue weighted by molar-refractivity contribution is 6.31. The first-order chi connectivity index (χ1) is 8.01. The summed E-state index contributed by atoms with van der Waals surface area (Å²) in [5.41, 5.74) is 0.724. The van der Waals surface area contributed by atoms with Gasteiger partial charge in [0.1, 0.15) is 5.82 Å². The van der Waals surface area contributed by atoms with Crippen LogP contribution >= 0.6 is 11.6 Å². The second-order valence-corrected chi connectivity index (χ2v) is 5.18. The summed E-state index contributed by atoms with van der Waals surface area (Å²) in [6.45, 7) is 5.49. The van der Waals surface area contributed by atoms with Crippen molar-refractivity contribution >= 4 is 11.6 Å². The quantitative estimate of drug-likeness (QED) is 0.898. The highest BCUT2D eigenvalue weighted by atomic mass is 35.5. The zero-order valence-electron chi connectivity index (χ0n) is 10.1. The standard InChI is InChI=1S/C13H17ClFNO/c1-9-13(2,5-6-17-9)16-8-10-7-11(15)3-4-12(10)14/h3-4,7,9,16H,5-6,8H2,1-2H3. The SMILES string of the molecule is CC1OCCC1(C)NCc1cc(F)ccc1Cl. The van der Waals surface area contributed by atoms with Gasteiger partial charge < -0.3 is 10.1 Å². The van der Waals surface area contributed by atoms with Crippen LogP contribution in [0.15, 0.2) is 18.2 Å². The monoisotopic (exact) mass is 257 g/mol. The first-order valence-corrected chi connectivity index (χ1v) is 6.20. The Morgan fingerprint density at radius 1 is 1.59 bits per heavy atom. The van der Waals surface area contributed by atoms with Gasteiger partial charge >= 0.3 is 0 Å². The second-order valence-electron chi connectivity index (χ2n) is 4.77. The molecule has 1 fully saturated rings. The third-order valence-electron chi connectivity index (χ3n) is 3.58. The molecular weight excluding hydrogens is 241 g/mol. The van der Waals surface area contributed by atoms with Crippen LogP contribution in [0, 0.1) is 5.82 Å². The largest absolute Gasteiger partial charge is 0.377 e. The molecule has 1 aromatic carbocycles. The van der Waals surface area contributed by atoms with Gasteiger partial charge in [0.05, 0.1) is 6.10 Å². The number of hydrogen-bond acceptors (Lipinski definition) is 2. The number of ether oxygens (including phenoxy) is 1. The Kier molecular flexibility index (Phi) is 3.71. The summed E-state index contributed by atoms with van der Waals surface area (Å²) in [5.74, 6) is -0.257. The summed E-state index contributed by atoms with van der Waals surface area (Å²) in [4.78, 5) is 0. The highest BCUT2D eigenvalue weighted by Gasteiger charge is 2.36. The third-order valence-corrected chi connectivity index (χ3v) is 3.95. The molecule has 94 valence electrons. The summed E-state index contributed by atoms with van der Waals surface area (Å²) < 4.78 is 18.7. The fraction of sp³-hybridized carbons (Fsp3) is 0.538. The van der Waals surface area contributed by atoms with Crippen LogP contribution in [0.25, 0.3) is 0 Å². The summed E-state index contributed by atoms with van der Waals surface area (Å²) in [6.07, 6.45) is 1.12. The third kappa shape index (κ3) is 2.79. The van der Waals surface area contributed by atoms with Gasteiger partial charge in [-0.3, -0.25) is 0 Å². The van der Waals surface area contributed by atoms with Crippen LogP contribution in [0.2, 0.25) is 5.02 Å². The molecule has 2 nitrogen and oxygen atoms in total. The maximum atomic E-state index is 13.1. The van der Waals surface area contributed by atoms with Gasteiger partial charge in [-0.2, -0.15) is 0 Å². The molecule has 2 rings (SSSR count). The number of halogens is 2. The van der Waals surface area contributed by atoms with E-state index in [0.29, 0.717) is 11.6 Å². The van der Waals surface area contributed by atoms with Gasteiger partial charge in [-0.15, -0.1) is 0 Å². The van der Waals surface area contributed by atoms with Gasteiger partial charge in [0.25, 0.3) is 0 Å². The van der Waals surface area contributed by atoms with E-state index in [0.717, 1.165) is 18.6 Å². The van der Waals surface area contributed by atoms with Gasteiger partial charge in [-0.05, 0) is 44.0 Å². The Bertz CT molecular complexity index is 412. The molecule has 1 saturated heterocycles. The van der Waals surface area contributed by atoms with Crippen LogP contribution in [-0.4, -0.2) is 18.2 Å². The molecule has 1 aromatic rings. The number of hydrogen-bond donors (Lipinski definition) is 1. The van der Waals surface area contributed by atoms with E-state index in [2.05, 4.69) is 12.2 Å². The van der Waals surface area contributed by atoms with Crippen molar-refractivity contribution in [3.8, 4) is 0 Å². The van der Waals surface area contributed by atoms with E-state index in [1.807, 2.05) is 6.92 Å². The molecule has 2 unspecified atom stereocenters. The topological polar surface area (TPSA) is 21.3 Å². The van der Waals surface area contributed by atoms with Crippen LogP contribution in [0.4, 0.5) is 4.39 Å². The summed E-state index contributed by atoms with van der Waals surface area (Å²) in [5, 5.41) is 4.01. The van der Waals surface area contributed by atoms with Gasteiger partial charge in [-0.1, -0.05) is 11.6 Å². The smallest absolute Gasteiger partial charge is 0.123 e. The molecule has 0 saturated carbocycles. The van der Waals surface area contributed by atoms with Gasteiger partial charge in [0.2, 0.25) is 0 Å². The van der Waals surface area contributed by atoms with Crippen molar-refractivity contribution in [1.82, 2.24) is 5.32 Å². The van der Waals surface area contributed by atoms with Gasteiger partial charge in [0, 0.05) is 23.7 Å². The van der Waals surface area contributed by atoms with Crippen LogP contribution in [-0.2, 0) is 11.3 Å². The van der Waals surface area contributed by atoms with E-state index < -0.39 is 0 Å². The van der Waals surface area contributed by atoms with Crippen molar-refractivity contribution in [2.45, 2.75) is 38.5 Å². The van der Waals surface area contributed by atoms with E-state index >= 15 is 0 Å². The van der Waals surface area contributed by atoms with Gasteiger partial charge in [-0.25, -0.2) is 4.39 Å². The predicted molar refractivity (Wildman–Crippen MR) is 66.7 cm³/mol. The second kappa shape index (κ2) is 4.92. The number of benzene rings is 1. The van der Waals surface area contributed by atoms with E-state index in [4.69, 9.17) is 16.3 Å². The summed E-state index contributed by atoms with van der Waals surface area (Å²) in [6, 6.07) is 4.43. The minimum absolute atomic E-state index is 0.0599. The molecule has 1 N–H and O–H groups in total. The van der Waals surface area contributed by atoms with Crippen molar-refractivity contribution in [3.05, 3.63) is 34.6 Å². The van der Waals surface area contributed by atoms with Crippen LogP contribution in [0.3, 0.4) is 0 Å². The molecule has 0 radical (unpaired) electrons. The maximum Gasteiger partial charge on any atom is 0.123 e. The minimum Gasteiger partial charge on any atom is -0.377 e. The number of rotatable bonds is 3. The Labute approximate surface area is 106 Å². The molecular formula is C13H17ClFNO. The molecule has 2 atom stereocenters. The zero-order valence-corrected chi connectivity index (χ0v) is 10.9. The van der Waals surface area contributed by atoms with Crippen molar-refractivity contribution in [1.29, 1.82) is 0 Å². The lowest BCUT2D eigenvalue weighted by molar-refractivity contribution is 0.0881. The lowest BCUT2D eigenvalue weighted by Gasteiger charge is -2.29. The normalized spacial score (nSPS) is 28.6. The molecule has 0 aliphatic carbocycles. The molecule has 4 heteroatoms. The van der Waals surface area contributed by atoms with Crippen molar-refractivity contribution < 1.29 is 9.13 Å². The van der Waals surface area contributed by atoms with Crippen LogP contribution in [0.1, 0.15) is 25.8 Å². The average Bonchev–Trinajstić information content (AvgIpc) is 2.61. The summed E-state index contributed by atoms with van der Waals surface area (Å²) >= 11 is 6.03. The van der Waals surface area contributed by atoms with Crippen molar-refractivity contribution in [2.75, 3.05) is 6.61 Å². The van der Waals surface area contributed by atoms with E-state index in [1.54, 1.807) is 6.07 Å². The molecule has 1 aliphatic rings. The van der Waals surface area contributed by atoms with Crippen molar-refractivity contribution in [3.63, 3.8) is 0 Å². The zero-order chi connectivity index (χ0) is 12.5. The number of nitrogens with one attached hydrogen (secondary N) is 1. The van der Waals surface area contributed by atoms with E-state index in [-0.39, 0.29) is 17.5 Å². The minimum atomic E-state index is -0.257. The Balaban J connectivity index is 2.04. The fourth-order valence-corrected chi connectivity index (χ4v) is 2.23. The Hall–Kier alpha value is -0.640. The molecule has 0 spiro atoms. The predicted octanol–water partition coefficient (Wildman–Crippen LogP) is 3.14. The first-order valence-electron chi connectivity index (χ1n) is 5.82. The molecule has 17 heavy (non-hydrogen) atoms. The molecule has 1 heterocycles. The molecule has 1 aliphatic heterocycles. The van der Waals surface area contributed by atoms with Gasteiger partial charge in [0.15, 0.2) is 0 Å². The fourth-order valence-electron chi connectivity index (χ4n) is 2.04. The first kappa shape index (κ1) is 12.8. The molecule has 0 amide bonds. The van der Waals surface area contributed by atoms with Crippen LogP contribution in [0.5, 0.6) is 0 Å². The maximum absolute atomic E-state index is 13.1. The average molecular weight is 258 g/mol. The Morgan fingerprint density at radius 2 is 2.35 bits per heavy atom.